The van der Waals surface area contributed by atoms with Crippen LogP contribution in [-0.2, 0) is 0 Å². The number of methoxy groups -OCH3 is 1. The van der Waals surface area contributed by atoms with Gasteiger partial charge in [0.1, 0.15) is 5.75 Å². The standard InChI is InChI=1S/C16H19ClO/c1-16(2,3)15(17)13-9-10-14(18-4)12-8-6-5-7-11(12)13/h5-10,15H,1-4H3. The highest BCUT2D eigenvalue weighted by molar-refractivity contribution is 6.22. The third kappa shape index (κ3) is 2.32. The third-order valence-electron chi connectivity index (χ3n) is 3.17. The highest BCUT2D eigenvalue weighted by Crippen LogP contribution is 2.42. The topological polar surface area (TPSA) is 9.23 Å². The summed E-state index contributed by atoms with van der Waals surface area (Å²) in [5, 5.41) is 2.27. The Hall–Kier alpha value is -1.21. The quantitative estimate of drug-likeness (QED) is 0.678. The first-order valence-electron chi connectivity index (χ1n) is 6.15. The summed E-state index contributed by atoms with van der Waals surface area (Å²) in [6, 6.07) is 12.3. The van der Waals surface area contributed by atoms with E-state index in [1.54, 1.807) is 7.11 Å². The molecule has 0 aromatic heterocycles. The van der Waals surface area contributed by atoms with Crippen molar-refractivity contribution in [1.29, 1.82) is 0 Å². The van der Waals surface area contributed by atoms with Crippen molar-refractivity contribution < 1.29 is 4.74 Å². The van der Waals surface area contributed by atoms with Gasteiger partial charge in [-0.1, -0.05) is 51.1 Å². The van der Waals surface area contributed by atoms with Crippen LogP contribution in [0.3, 0.4) is 0 Å². The van der Waals surface area contributed by atoms with Crippen molar-refractivity contribution in [3.63, 3.8) is 0 Å². The molecule has 0 heterocycles. The summed E-state index contributed by atoms with van der Waals surface area (Å²) in [5.41, 5.74) is 1.19. The van der Waals surface area contributed by atoms with Gasteiger partial charge in [-0.3, -0.25) is 0 Å². The predicted octanol–water partition coefficient (Wildman–Crippen LogP) is 5.17. The smallest absolute Gasteiger partial charge is 0.126 e. The van der Waals surface area contributed by atoms with Gasteiger partial charge < -0.3 is 4.74 Å². The van der Waals surface area contributed by atoms with Gasteiger partial charge in [0.2, 0.25) is 0 Å². The van der Waals surface area contributed by atoms with Crippen LogP contribution in [-0.4, -0.2) is 7.11 Å². The lowest BCUT2D eigenvalue weighted by Gasteiger charge is -2.27. The lowest BCUT2D eigenvalue weighted by Crippen LogP contribution is -2.13. The summed E-state index contributed by atoms with van der Waals surface area (Å²) in [4.78, 5) is 0. The molecule has 96 valence electrons. The van der Waals surface area contributed by atoms with Gasteiger partial charge in [0.05, 0.1) is 12.5 Å². The van der Waals surface area contributed by atoms with Crippen molar-refractivity contribution in [1.82, 2.24) is 0 Å². The number of rotatable bonds is 2. The number of hydrogen-bond donors (Lipinski definition) is 0. The lowest BCUT2D eigenvalue weighted by atomic mass is 9.85. The van der Waals surface area contributed by atoms with Crippen molar-refractivity contribution in [2.45, 2.75) is 26.1 Å². The van der Waals surface area contributed by atoms with Crippen molar-refractivity contribution in [2.24, 2.45) is 5.41 Å². The van der Waals surface area contributed by atoms with E-state index in [-0.39, 0.29) is 10.8 Å². The van der Waals surface area contributed by atoms with Crippen molar-refractivity contribution in [2.75, 3.05) is 7.11 Å². The summed E-state index contributed by atoms with van der Waals surface area (Å²) in [5.74, 6) is 0.895. The predicted molar refractivity (Wildman–Crippen MR) is 78.5 cm³/mol. The van der Waals surface area contributed by atoms with Gasteiger partial charge in [0.15, 0.2) is 0 Å². The fourth-order valence-electron chi connectivity index (χ4n) is 2.16. The molecular weight excluding hydrogens is 244 g/mol. The fraction of sp³-hybridized carbons (Fsp3) is 0.375. The maximum absolute atomic E-state index is 6.62. The normalized spacial score (nSPS) is 13.6. The van der Waals surface area contributed by atoms with Crippen molar-refractivity contribution in [3.8, 4) is 5.75 Å². The van der Waals surface area contributed by atoms with E-state index in [4.69, 9.17) is 16.3 Å². The SMILES string of the molecule is COc1ccc(C(Cl)C(C)(C)C)c2ccccc12. The number of benzene rings is 2. The number of ether oxygens (including phenoxy) is 1. The Labute approximate surface area is 114 Å². The zero-order chi connectivity index (χ0) is 13.3. The van der Waals surface area contributed by atoms with Crippen LogP contribution in [0.25, 0.3) is 10.8 Å². The van der Waals surface area contributed by atoms with Crippen LogP contribution >= 0.6 is 11.6 Å². The summed E-state index contributed by atoms with van der Waals surface area (Å²) >= 11 is 6.62. The minimum atomic E-state index is -0.0201. The Morgan fingerprint density at radius 1 is 1.00 bits per heavy atom. The van der Waals surface area contributed by atoms with Gasteiger partial charge >= 0.3 is 0 Å². The molecule has 1 unspecified atom stereocenters. The number of halogens is 1. The summed E-state index contributed by atoms with van der Waals surface area (Å²) < 4.78 is 5.40. The zero-order valence-corrected chi connectivity index (χ0v) is 12.1. The van der Waals surface area contributed by atoms with E-state index in [0.717, 1.165) is 11.1 Å². The average molecular weight is 263 g/mol. The maximum Gasteiger partial charge on any atom is 0.126 e. The third-order valence-corrected chi connectivity index (χ3v) is 4.06. The molecule has 0 aliphatic carbocycles. The molecule has 0 N–H and O–H groups in total. The highest BCUT2D eigenvalue weighted by Gasteiger charge is 2.25. The minimum absolute atomic E-state index is 0.0201. The second-order valence-electron chi connectivity index (χ2n) is 5.63. The van der Waals surface area contributed by atoms with Crippen LogP contribution in [0, 0.1) is 5.41 Å². The van der Waals surface area contributed by atoms with E-state index in [1.807, 2.05) is 18.2 Å². The Kier molecular flexibility index (Phi) is 3.54. The van der Waals surface area contributed by atoms with Gasteiger partial charge in [0, 0.05) is 5.39 Å². The lowest BCUT2D eigenvalue weighted by molar-refractivity contribution is 0.396. The van der Waals surface area contributed by atoms with E-state index in [0.29, 0.717) is 0 Å². The number of alkyl halides is 1. The van der Waals surface area contributed by atoms with Gasteiger partial charge in [-0.15, -0.1) is 11.6 Å². The average Bonchev–Trinajstić information content (AvgIpc) is 2.35. The van der Waals surface area contributed by atoms with Gasteiger partial charge in [0.25, 0.3) is 0 Å². The molecule has 0 bridgehead atoms. The molecule has 1 atom stereocenters. The van der Waals surface area contributed by atoms with E-state index in [9.17, 15) is 0 Å². The second kappa shape index (κ2) is 4.81. The van der Waals surface area contributed by atoms with E-state index < -0.39 is 0 Å². The summed E-state index contributed by atoms with van der Waals surface area (Å²) in [6.07, 6.45) is 0. The number of fused-ring (bicyclic) bond motifs is 1. The van der Waals surface area contributed by atoms with Gasteiger partial charge in [-0.05, 0) is 22.4 Å². The first-order valence-corrected chi connectivity index (χ1v) is 6.58. The number of hydrogen-bond acceptors (Lipinski definition) is 1. The molecule has 0 saturated heterocycles. The largest absolute Gasteiger partial charge is 0.496 e. The first-order chi connectivity index (χ1) is 8.45. The molecule has 2 aromatic carbocycles. The van der Waals surface area contributed by atoms with E-state index in [1.165, 1.54) is 10.9 Å². The minimum Gasteiger partial charge on any atom is -0.496 e. The van der Waals surface area contributed by atoms with Gasteiger partial charge in [-0.2, -0.15) is 0 Å². The Morgan fingerprint density at radius 3 is 2.17 bits per heavy atom. The van der Waals surface area contributed by atoms with Crippen LogP contribution in [0.5, 0.6) is 5.75 Å². The van der Waals surface area contributed by atoms with Crippen LogP contribution in [0.2, 0.25) is 0 Å². The van der Waals surface area contributed by atoms with E-state index >= 15 is 0 Å². The maximum atomic E-state index is 6.62. The molecule has 0 fully saturated rings. The first kappa shape index (κ1) is 13.2. The molecule has 0 radical (unpaired) electrons. The molecule has 1 nitrogen and oxygen atoms in total. The molecule has 2 rings (SSSR count). The van der Waals surface area contributed by atoms with Crippen LogP contribution in [0.1, 0.15) is 31.7 Å². The second-order valence-corrected chi connectivity index (χ2v) is 6.07. The fourth-order valence-corrected chi connectivity index (χ4v) is 2.35. The molecule has 0 spiro atoms. The molecule has 18 heavy (non-hydrogen) atoms. The van der Waals surface area contributed by atoms with Crippen LogP contribution in [0.4, 0.5) is 0 Å². The summed E-state index contributed by atoms with van der Waals surface area (Å²) in [7, 11) is 1.70. The van der Waals surface area contributed by atoms with Crippen LogP contribution in [0.15, 0.2) is 36.4 Å². The molecule has 0 aliphatic heterocycles. The van der Waals surface area contributed by atoms with Crippen molar-refractivity contribution >= 4 is 22.4 Å². The molecule has 0 saturated carbocycles. The van der Waals surface area contributed by atoms with Crippen molar-refractivity contribution in [3.05, 3.63) is 42.0 Å². The molecular formula is C16H19ClO. The Morgan fingerprint density at radius 2 is 1.61 bits per heavy atom. The summed E-state index contributed by atoms with van der Waals surface area (Å²) in [6.45, 7) is 6.47. The Balaban J connectivity index is 2.67. The molecule has 0 aliphatic rings. The zero-order valence-electron chi connectivity index (χ0n) is 11.3. The van der Waals surface area contributed by atoms with Crippen LogP contribution < -0.4 is 4.74 Å². The molecule has 2 heteroatoms. The highest BCUT2D eigenvalue weighted by atomic mass is 35.5. The van der Waals surface area contributed by atoms with Gasteiger partial charge in [-0.25, -0.2) is 0 Å². The Bertz CT molecular complexity index is 555. The van der Waals surface area contributed by atoms with E-state index in [2.05, 4.69) is 39.0 Å². The molecule has 0 amide bonds. The monoisotopic (exact) mass is 262 g/mol. The molecule has 2 aromatic rings.